The summed E-state index contributed by atoms with van der Waals surface area (Å²) in [6.45, 7) is 4.26. The molecule has 1 saturated heterocycles. The monoisotopic (exact) mass is 235 g/mol. The average molecular weight is 235 g/mol. The molecule has 4 heteroatoms. The Morgan fingerprint density at radius 1 is 1.69 bits per heavy atom. The molecule has 0 bridgehead atoms. The van der Waals surface area contributed by atoms with E-state index in [9.17, 15) is 4.79 Å². The van der Waals surface area contributed by atoms with Crippen LogP contribution in [0.5, 0.6) is 0 Å². The van der Waals surface area contributed by atoms with Gasteiger partial charge in [0.25, 0.3) is 0 Å². The van der Waals surface area contributed by atoms with E-state index in [0.717, 1.165) is 17.1 Å². The summed E-state index contributed by atoms with van der Waals surface area (Å²) in [4.78, 5) is 13.3. The second kappa shape index (κ2) is 4.26. The highest BCUT2D eigenvalue weighted by atomic mass is 32.2. The first-order valence-corrected chi connectivity index (χ1v) is 6.10. The van der Waals surface area contributed by atoms with Crippen LogP contribution in [0, 0.1) is 26.2 Å². The molecule has 0 spiro atoms. The first-order chi connectivity index (χ1) is 7.63. The number of rotatable bonds is 2. The lowest BCUT2D eigenvalue weighted by Gasteiger charge is -2.19. The van der Waals surface area contributed by atoms with Crippen LogP contribution in [0.1, 0.15) is 22.5 Å². The summed E-state index contributed by atoms with van der Waals surface area (Å²) in [5.41, 5.74) is 1.11. The third-order valence-electron chi connectivity index (χ3n) is 2.66. The Labute approximate surface area is 99.2 Å². The van der Waals surface area contributed by atoms with Crippen LogP contribution in [0.4, 0.5) is 0 Å². The van der Waals surface area contributed by atoms with E-state index >= 15 is 0 Å². The Balaban J connectivity index is 2.27. The van der Waals surface area contributed by atoms with E-state index in [0.29, 0.717) is 12.3 Å². The fourth-order valence-corrected chi connectivity index (χ4v) is 2.80. The van der Waals surface area contributed by atoms with Crippen molar-refractivity contribution in [3.05, 3.63) is 23.2 Å². The first-order valence-electron chi connectivity index (χ1n) is 5.05. The van der Waals surface area contributed by atoms with Gasteiger partial charge in [-0.1, -0.05) is 5.92 Å². The van der Waals surface area contributed by atoms with Gasteiger partial charge in [0.15, 0.2) is 0 Å². The van der Waals surface area contributed by atoms with Gasteiger partial charge in [-0.2, -0.15) is 0 Å². The summed E-state index contributed by atoms with van der Waals surface area (Å²) in [6, 6.07) is 1.98. The summed E-state index contributed by atoms with van der Waals surface area (Å²) in [5.74, 6) is 4.79. The van der Waals surface area contributed by atoms with Crippen LogP contribution in [-0.4, -0.2) is 23.1 Å². The zero-order valence-electron chi connectivity index (χ0n) is 9.32. The van der Waals surface area contributed by atoms with Gasteiger partial charge in [0.1, 0.15) is 16.9 Å². The number of hydrogen-bond acceptors (Lipinski definition) is 3. The summed E-state index contributed by atoms with van der Waals surface area (Å²) in [7, 11) is 0. The summed E-state index contributed by atoms with van der Waals surface area (Å²) < 4.78 is 5.64. The highest BCUT2D eigenvalue weighted by molar-refractivity contribution is 8.00. The molecule has 0 saturated carbocycles. The molecule has 0 N–H and O–H groups in total. The minimum Gasteiger partial charge on any atom is -0.463 e. The van der Waals surface area contributed by atoms with Gasteiger partial charge in [0.05, 0.1) is 12.3 Å². The van der Waals surface area contributed by atoms with E-state index in [2.05, 4.69) is 5.92 Å². The molecule has 1 unspecified atom stereocenters. The lowest BCUT2D eigenvalue weighted by atomic mass is 10.3. The molecular formula is C12H13NO2S. The molecule has 16 heavy (non-hydrogen) atoms. The Hall–Kier alpha value is -1.34. The Kier molecular flexibility index (Phi) is 2.97. The second-order valence-corrected chi connectivity index (χ2v) is 4.85. The van der Waals surface area contributed by atoms with E-state index in [1.807, 2.05) is 19.9 Å². The molecule has 2 rings (SSSR count). The van der Waals surface area contributed by atoms with Crippen molar-refractivity contribution in [2.45, 2.75) is 19.2 Å². The normalized spacial score (nSPS) is 20.2. The van der Waals surface area contributed by atoms with Crippen molar-refractivity contribution in [3.63, 3.8) is 0 Å². The third-order valence-corrected chi connectivity index (χ3v) is 3.87. The van der Waals surface area contributed by atoms with E-state index in [4.69, 9.17) is 10.8 Å². The van der Waals surface area contributed by atoms with Crippen LogP contribution in [0.2, 0.25) is 0 Å². The van der Waals surface area contributed by atoms with Crippen molar-refractivity contribution in [1.29, 1.82) is 0 Å². The van der Waals surface area contributed by atoms with Crippen LogP contribution in [0.3, 0.4) is 0 Å². The molecule has 0 aliphatic carbocycles. The molecule has 1 aliphatic heterocycles. The van der Waals surface area contributed by atoms with Crippen molar-refractivity contribution in [3.8, 4) is 12.3 Å². The standard InChI is InChI=1S/C12H13NO2S/c1-4-5-13-11(14)7-16-12(13)10-6-8(2)9(3)15-10/h1,6,12H,5,7H2,2-3H3. The molecule has 1 aromatic heterocycles. The lowest BCUT2D eigenvalue weighted by Crippen LogP contribution is -2.28. The Morgan fingerprint density at radius 3 is 3.00 bits per heavy atom. The van der Waals surface area contributed by atoms with E-state index in [1.54, 1.807) is 16.7 Å². The molecule has 1 aliphatic rings. The predicted octanol–water partition coefficient (Wildman–Crippen LogP) is 2.10. The minimum atomic E-state index is -0.0593. The lowest BCUT2D eigenvalue weighted by molar-refractivity contribution is -0.127. The topological polar surface area (TPSA) is 33.5 Å². The highest BCUT2D eigenvalue weighted by Gasteiger charge is 2.34. The molecule has 1 amide bonds. The number of amides is 1. The molecule has 1 aromatic rings. The SMILES string of the molecule is C#CCN1C(=O)CSC1c1cc(C)c(C)o1. The van der Waals surface area contributed by atoms with Crippen LogP contribution in [-0.2, 0) is 4.79 Å². The maximum absolute atomic E-state index is 11.6. The van der Waals surface area contributed by atoms with Crippen molar-refractivity contribution in [1.82, 2.24) is 4.90 Å². The molecule has 1 fully saturated rings. The van der Waals surface area contributed by atoms with Crippen LogP contribution < -0.4 is 0 Å². The summed E-state index contributed by atoms with van der Waals surface area (Å²) >= 11 is 1.56. The Morgan fingerprint density at radius 2 is 2.44 bits per heavy atom. The molecule has 0 radical (unpaired) electrons. The fourth-order valence-electron chi connectivity index (χ4n) is 1.68. The molecule has 84 valence electrons. The molecule has 0 aromatic carbocycles. The van der Waals surface area contributed by atoms with Gasteiger partial charge >= 0.3 is 0 Å². The quantitative estimate of drug-likeness (QED) is 0.736. The van der Waals surface area contributed by atoms with Crippen molar-refractivity contribution >= 4 is 17.7 Å². The number of thioether (sulfide) groups is 1. The maximum atomic E-state index is 11.6. The first kappa shape index (κ1) is 11.2. The smallest absolute Gasteiger partial charge is 0.234 e. The number of nitrogens with zero attached hydrogens (tertiary/aromatic N) is 1. The van der Waals surface area contributed by atoms with Gasteiger partial charge < -0.3 is 9.32 Å². The van der Waals surface area contributed by atoms with Gasteiger partial charge in [-0.25, -0.2) is 0 Å². The third kappa shape index (κ3) is 1.83. The highest BCUT2D eigenvalue weighted by Crippen LogP contribution is 2.39. The zero-order valence-corrected chi connectivity index (χ0v) is 10.1. The molecule has 2 heterocycles. The molecule has 1 atom stereocenters. The summed E-state index contributed by atoms with van der Waals surface area (Å²) in [5, 5.41) is -0.0593. The number of aryl methyl sites for hydroxylation is 2. The molecule has 3 nitrogen and oxygen atoms in total. The molecular weight excluding hydrogens is 222 g/mol. The predicted molar refractivity (Wildman–Crippen MR) is 63.9 cm³/mol. The van der Waals surface area contributed by atoms with Crippen LogP contribution >= 0.6 is 11.8 Å². The number of hydrogen-bond donors (Lipinski definition) is 0. The van der Waals surface area contributed by atoms with Gasteiger partial charge in [0, 0.05) is 0 Å². The van der Waals surface area contributed by atoms with Gasteiger partial charge in [-0.15, -0.1) is 18.2 Å². The van der Waals surface area contributed by atoms with E-state index in [-0.39, 0.29) is 11.3 Å². The van der Waals surface area contributed by atoms with Crippen LogP contribution in [0.25, 0.3) is 0 Å². The van der Waals surface area contributed by atoms with E-state index in [1.165, 1.54) is 0 Å². The van der Waals surface area contributed by atoms with Gasteiger partial charge in [-0.3, -0.25) is 4.79 Å². The Bertz CT molecular complexity index is 439. The average Bonchev–Trinajstić information content (AvgIpc) is 2.74. The fraction of sp³-hybridized carbons (Fsp3) is 0.417. The number of furan rings is 1. The van der Waals surface area contributed by atoms with Crippen molar-refractivity contribution < 1.29 is 9.21 Å². The maximum Gasteiger partial charge on any atom is 0.234 e. The number of terminal acetylenes is 1. The zero-order chi connectivity index (χ0) is 11.7. The van der Waals surface area contributed by atoms with Crippen molar-refractivity contribution in [2.75, 3.05) is 12.3 Å². The van der Waals surface area contributed by atoms with Crippen molar-refractivity contribution in [2.24, 2.45) is 0 Å². The van der Waals surface area contributed by atoms with E-state index < -0.39 is 0 Å². The number of carbonyl (C=O) groups is 1. The van der Waals surface area contributed by atoms with Crippen LogP contribution in [0.15, 0.2) is 10.5 Å². The van der Waals surface area contributed by atoms with Gasteiger partial charge in [-0.05, 0) is 25.5 Å². The number of carbonyl (C=O) groups excluding carboxylic acids is 1. The summed E-state index contributed by atoms with van der Waals surface area (Å²) in [6.07, 6.45) is 5.26. The minimum absolute atomic E-state index is 0.0593. The largest absolute Gasteiger partial charge is 0.463 e. The second-order valence-electron chi connectivity index (χ2n) is 3.78. The van der Waals surface area contributed by atoms with Gasteiger partial charge in [0.2, 0.25) is 5.91 Å².